The highest BCUT2D eigenvalue weighted by molar-refractivity contribution is 7.89. The van der Waals surface area contributed by atoms with Gasteiger partial charge in [0.2, 0.25) is 10.0 Å². The van der Waals surface area contributed by atoms with Crippen LogP contribution in [0.3, 0.4) is 0 Å². The van der Waals surface area contributed by atoms with Crippen LogP contribution in [0.5, 0.6) is 0 Å². The summed E-state index contributed by atoms with van der Waals surface area (Å²) in [5.74, 6) is -0.591. The molecule has 112 valence electrons. The molecule has 1 aliphatic carbocycles. The van der Waals surface area contributed by atoms with Gasteiger partial charge in [0.05, 0.1) is 16.2 Å². The molecule has 1 aromatic rings. The van der Waals surface area contributed by atoms with E-state index in [0.717, 1.165) is 25.3 Å². The van der Waals surface area contributed by atoms with Crippen LogP contribution in [-0.2, 0) is 14.8 Å². The highest BCUT2D eigenvalue weighted by atomic mass is 32.2. The van der Waals surface area contributed by atoms with Crippen LogP contribution in [-0.4, -0.2) is 34.7 Å². The molecule has 0 aromatic heterocycles. The minimum atomic E-state index is -3.62. The van der Waals surface area contributed by atoms with Gasteiger partial charge in [0.15, 0.2) is 0 Å². The first kappa shape index (κ1) is 15.2. The highest BCUT2D eigenvalue weighted by Crippen LogP contribution is 2.35. The minimum Gasteiger partial charge on any atom is -0.380 e. The molecule has 1 saturated carbocycles. The number of benzene rings is 1. The van der Waals surface area contributed by atoms with E-state index < -0.39 is 15.8 Å². The van der Waals surface area contributed by atoms with E-state index >= 15 is 0 Å². The topological polar surface area (TPSA) is 67.4 Å². The lowest BCUT2D eigenvalue weighted by atomic mass is 9.80. The molecule has 2 rings (SSSR count). The van der Waals surface area contributed by atoms with Crippen molar-refractivity contribution in [1.29, 1.82) is 0 Å². The first-order valence-corrected chi connectivity index (χ1v) is 7.93. The minimum absolute atomic E-state index is 0.0897. The lowest BCUT2D eigenvalue weighted by Crippen LogP contribution is -2.45. The van der Waals surface area contributed by atoms with E-state index in [4.69, 9.17) is 4.74 Å². The Kier molecular flexibility index (Phi) is 4.31. The fourth-order valence-corrected chi connectivity index (χ4v) is 2.95. The summed E-state index contributed by atoms with van der Waals surface area (Å²) < 4.78 is 44.6. The van der Waals surface area contributed by atoms with Gasteiger partial charge in [-0.15, -0.1) is 0 Å². The lowest BCUT2D eigenvalue weighted by molar-refractivity contribution is -0.0601. The third-order valence-corrected chi connectivity index (χ3v) is 5.23. The molecule has 0 saturated heterocycles. The van der Waals surface area contributed by atoms with Crippen LogP contribution < -0.4 is 10.0 Å². The maximum absolute atomic E-state index is 13.9. The number of methoxy groups -OCH3 is 1. The first-order chi connectivity index (χ1) is 9.42. The number of rotatable bonds is 6. The van der Waals surface area contributed by atoms with Crippen LogP contribution >= 0.6 is 0 Å². The SMILES string of the molecule is CNS(=O)(=O)c1ccc(NCC2(OC)CCC2)c(F)c1. The summed E-state index contributed by atoms with van der Waals surface area (Å²) in [6, 6.07) is 3.81. The summed E-state index contributed by atoms with van der Waals surface area (Å²) in [7, 11) is -0.679. The van der Waals surface area contributed by atoms with Crippen molar-refractivity contribution in [3.8, 4) is 0 Å². The Morgan fingerprint density at radius 2 is 2.10 bits per heavy atom. The third-order valence-electron chi connectivity index (χ3n) is 3.82. The molecular weight excluding hydrogens is 283 g/mol. The number of sulfonamides is 1. The van der Waals surface area contributed by atoms with Gasteiger partial charge in [-0.05, 0) is 44.5 Å². The molecule has 1 aromatic carbocycles. The Bertz CT molecular complexity index is 580. The van der Waals surface area contributed by atoms with Gasteiger partial charge in [0.1, 0.15) is 5.82 Å². The second-order valence-corrected chi connectivity index (χ2v) is 6.83. The van der Waals surface area contributed by atoms with Crippen LogP contribution in [0.1, 0.15) is 19.3 Å². The molecule has 7 heteroatoms. The van der Waals surface area contributed by atoms with E-state index in [9.17, 15) is 12.8 Å². The Labute approximate surface area is 118 Å². The Morgan fingerprint density at radius 1 is 1.40 bits per heavy atom. The molecule has 2 N–H and O–H groups in total. The number of halogens is 1. The normalized spacial score (nSPS) is 17.6. The zero-order valence-corrected chi connectivity index (χ0v) is 12.4. The third kappa shape index (κ3) is 2.94. The highest BCUT2D eigenvalue weighted by Gasteiger charge is 2.36. The summed E-state index contributed by atoms with van der Waals surface area (Å²) >= 11 is 0. The van der Waals surface area contributed by atoms with E-state index in [1.54, 1.807) is 7.11 Å². The van der Waals surface area contributed by atoms with Gasteiger partial charge in [0, 0.05) is 13.7 Å². The van der Waals surface area contributed by atoms with E-state index in [-0.39, 0.29) is 16.2 Å². The number of nitrogens with one attached hydrogen (secondary N) is 2. The summed E-state index contributed by atoms with van der Waals surface area (Å²) in [4.78, 5) is -0.0897. The Hall–Kier alpha value is -1.18. The zero-order chi connectivity index (χ0) is 14.8. The molecule has 0 heterocycles. The van der Waals surface area contributed by atoms with Crippen LogP contribution in [0, 0.1) is 5.82 Å². The Morgan fingerprint density at radius 3 is 2.55 bits per heavy atom. The van der Waals surface area contributed by atoms with Gasteiger partial charge in [0.25, 0.3) is 0 Å². The van der Waals surface area contributed by atoms with Gasteiger partial charge >= 0.3 is 0 Å². The fourth-order valence-electron chi connectivity index (χ4n) is 2.20. The smallest absolute Gasteiger partial charge is 0.240 e. The summed E-state index contributed by atoms with van der Waals surface area (Å²) in [6.07, 6.45) is 3.01. The van der Waals surface area contributed by atoms with Crippen molar-refractivity contribution in [1.82, 2.24) is 4.72 Å². The van der Waals surface area contributed by atoms with Gasteiger partial charge in [-0.25, -0.2) is 17.5 Å². The fraction of sp³-hybridized carbons (Fsp3) is 0.538. The predicted octanol–water partition coefficient (Wildman–Crippen LogP) is 1.71. The molecule has 1 fully saturated rings. The zero-order valence-electron chi connectivity index (χ0n) is 11.6. The van der Waals surface area contributed by atoms with E-state index in [0.29, 0.717) is 6.54 Å². The molecule has 0 unspecified atom stereocenters. The number of hydrogen-bond donors (Lipinski definition) is 2. The van der Waals surface area contributed by atoms with Gasteiger partial charge in [-0.2, -0.15) is 0 Å². The van der Waals surface area contributed by atoms with Crippen molar-refractivity contribution in [2.45, 2.75) is 29.8 Å². The monoisotopic (exact) mass is 302 g/mol. The van der Waals surface area contributed by atoms with Crippen molar-refractivity contribution >= 4 is 15.7 Å². The second kappa shape index (κ2) is 5.67. The van der Waals surface area contributed by atoms with Gasteiger partial charge < -0.3 is 10.1 Å². The summed E-state index contributed by atoms with van der Waals surface area (Å²) in [5.41, 5.74) is 0.0608. The van der Waals surface area contributed by atoms with E-state index in [2.05, 4.69) is 10.0 Å². The molecule has 0 radical (unpaired) electrons. The number of anilines is 1. The maximum atomic E-state index is 13.9. The largest absolute Gasteiger partial charge is 0.380 e. The number of ether oxygens (including phenoxy) is 1. The summed E-state index contributed by atoms with van der Waals surface area (Å²) in [6.45, 7) is 0.512. The average Bonchev–Trinajstić information content (AvgIpc) is 2.39. The molecule has 0 spiro atoms. The molecule has 1 aliphatic rings. The van der Waals surface area contributed by atoms with Crippen molar-refractivity contribution in [2.24, 2.45) is 0 Å². The van der Waals surface area contributed by atoms with Crippen molar-refractivity contribution in [3.63, 3.8) is 0 Å². The molecular formula is C13H19FN2O3S. The molecule has 20 heavy (non-hydrogen) atoms. The quantitative estimate of drug-likeness (QED) is 0.839. The number of hydrogen-bond acceptors (Lipinski definition) is 4. The first-order valence-electron chi connectivity index (χ1n) is 6.45. The van der Waals surface area contributed by atoms with Crippen LogP contribution in [0.2, 0.25) is 0 Å². The van der Waals surface area contributed by atoms with Crippen molar-refractivity contribution < 1.29 is 17.5 Å². The molecule has 0 atom stereocenters. The molecule has 0 amide bonds. The van der Waals surface area contributed by atoms with E-state index in [1.807, 2.05) is 0 Å². The van der Waals surface area contributed by atoms with Crippen LogP contribution in [0.15, 0.2) is 23.1 Å². The second-order valence-electron chi connectivity index (χ2n) is 4.94. The molecule has 5 nitrogen and oxygen atoms in total. The van der Waals surface area contributed by atoms with Crippen molar-refractivity contribution in [3.05, 3.63) is 24.0 Å². The summed E-state index contributed by atoms with van der Waals surface area (Å²) in [5, 5.41) is 2.99. The van der Waals surface area contributed by atoms with E-state index in [1.165, 1.54) is 19.2 Å². The lowest BCUT2D eigenvalue weighted by Gasteiger charge is -2.40. The average molecular weight is 302 g/mol. The predicted molar refractivity (Wildman–Crippen MR) is 74.7 cm³/mol. The maximum Gasteiger partial charge on any atom is 0.240 e. The van der Waals surface area contributed by atoms with Gasteiger partial charge in [-0.1, -0.05) is 0 Å². The molecule has 0 aliphatic heterocycles. The van der Waals surface area contributed by atoms with Gasteiger partial charge in [-0.3, -0.25) is 0 Å². The van der Waals surface area contributed by atoms with Crippen molar-refractivity contribution in [2.75, 3.05) is 26.0 Å². The van der Waals surface area contributed by atoms with Crippen LogP contribution in [0.4, 0.5) is 10.1 Å². The standard InChI is InChI=1S/C13H19FN2O3S/c1-15-20(17,18)10-4-5-12(11(14)8-10)16-9-13(19-2)6-3-7-13/h4-5,8,15-16H,3,6-7,9H2,1-2H3. The molecule has 0 bridgehead atoms. The van der Waals surface area contributed by atoms with Crippen LogP contribution in [0.25, 0.3) is 0 Å². The Balaban J connectivity index is 2.10.